The first-order chi connectivity index (χ1) is 17.5. The molecule has 1 saturated heterocycles. The van der Waals surface area contributed by atoms with Crippen molar-refractivity contribution in [2.45, 2.75) is 136 Å². The molecule has 1 heterocycles. The minimum Gasteiger partial charge on any atom is -0.289 e. The van der Waals surface area contributed by atoms with Crippen LogP contribution in [-0.2, 0) is 9.59 Å². The number of carbonyl (C=O) groups excluding carboxylic acids is 2. The molecule has 0 amide bonds. The zero-order valence-electron chi connectivity index (χ0n) is 27.3. The van der Waals surface area contributed by atoms with Gasteiger partial charge in [0.15, 0.2) is 11.6 Å². The van der Waals surface area contributed by atoms with E-state index in [4.69, 9.17) is 0 Å². The number of carbonyl (C=O) groups is 2. The summed E-state index contributed by atoms with van der Waals surface area (Å²) in [7, 11) is 0. The van der Waals surface area contributed by atoms with Gasteiger partial charge in [-0.05, 0) is 34.5 Å². The van der Waals surface area contributed by atoms with Crippen molar-refractivity contribution >= 4 is 35.1 Å². The fourth-order valence-electron chi connectivity index (χ4n) is 6.18. The van der Waals surface area contributed by atoms with E-state index >= 15 is 0 Å². The molecule has 0 bridgehead atoms. The Balaban J connectivity index is 2.57. The Morgan fingerprint density at radius 3 is 0.923 bits per heavy atom. The summed E-state index contributed by atoms with van der Waals surface area (Å²) in [6.07, 6.45) is 13.7. The van der Waals surface area contributed by atoms with Gasteiger partial charge in [-0.1, -0.05) is 134 Å². The van der Waals surface area contributed by atoms with Crippen molar-refractivity contribution in [2.24, 2.45) is 21.7 Å². The number of fused-ring (bicyclic) bond motifs is 1. The number of hydrogen-bond donors (Lipinski definition) is 0. The average Bonchev–Trinajstić information content (AvgIpc) is 2.97. The molecular weight excluding hydrogens is 517 g/mol. The van der Waals surface area contributed by atoms with Gasteiger partial charge in [0, 0.05) is 22.3 Å². The van der Waals surface area contributed by atoms with Crippen LogP contribution in [0, 0.1) is 21.7 Å². The molecular formula is C35H54O2S2. The lowest BCUT2D eigenvalue weighted by Crippen LogP contribution is -2.48. The van der Waals surface area contributed by atoms with E-state index in [0.717, 1.165) is 48.0 Å². The van der Waals surface area contributed by atoms with E-state index in [1.807, 2.05) is 0 Å². The normalized spacial score (nSPS) is 23.1. The number of rotatable bonds is 4. The van der Waals surface area contributed by atoms with Gasteiger partial charge in [0.1, 0.15) is 0 Å². The molecule has 0 aromatic carbocycles. The Bertz CT molecular complexity index is 987. The van der Waals surface area contributed by atoms with Crippen molar-refractivity contribution in [3.05, 3.63) is 46.6 Å². The highest BCUT2D eigenvalue weighted by molar-refractivity contribution is 8.23. The molecule has 1 aliphatic heterocycles. The third-order valence-electron chi connectivity index (χ3n) is 8.23. The first-order valence-electron chi connectivity index (χ1n) is 14.9. The standard InChI is InChI=1S/C35H54O2S2/c1-15-17-35(18-16-2)38-33(19-23(29(3,4)5)27(36)24(20-33)30(6,7)8)34(39-35)21-25(31(9,10)11)28(37)26(22-34)32(12,13)14/h19-22H,15-18H2,1-14H3. The predicted molar refractivity (Wildman–Crippen MR) is 173 cm³/mol. The molecule has 0 unspecified atom stereocenters. The summed E-state index contributed by atoms with van der Waals surface area (Å²) in [6.45, 7) is 30.5. The van der Waals surface area contributed by atoms with Crippen molar-refractivity contribution in [2.75, 3.05) is 0 Å². The zero-order valence-corrected chi connectivity index (χ0v) is 28.9. The van der Waals surface area contributed by atoms with Crippen LogP contribution < -0.4 is 0 Å². The molecule has 0 aromatic heterocycles. The lowest BCUT2D eigenvalue weighted by atomic mass is 9.65. The van der Waals surface area contributed by atoms with E-state index in [9.17, 15) is 9.59 Å². The van der Waals surface area contributed by atoms with Crippen LogP contribution in [0.4, 0.5) is 0 Å². The molecule has 0 atom stereocenters. The molecule has 3 rings (SSSR count). The van der Waals surface area contributed by atoms with E-state index in [0.29, 0.717) is 0 Å². The van der Waals surface area contributed by atoms with Gasteiger partial charge in [-0.2, -0.15) is 0 Å². The maximum Gasteiger partial charge on any atom is 0.185 e. The molecule has 0 saturated carbocycles. The Hall–Kier alpha value is -1.00. The number of thioether (sulfide) groups is 2. The SMILES string of the molecule is CCCC1(CCC)SC2(C=C(C(C)(C)C)C(=O)C(C(C)(C)C)=C2)C2(C=C(C(C)(C)C)C(=O)C(C(C)(C)C)=C2)S1. The molecule has 2 nitrogen and oxygen atoms in total. The number of ketones is 2. The summed E-state index contributed by atoms with van der Waals surface area (Å²) in [4.78, 5) is 28.2. The van der Waals surface area contributed by atoms with Crippen molar-refractivity contribution in [1.82, 2.24) is 0 Å². The highest BCUT2D eigenvalue weighted by Crippen LogP contribution is 2.72. The van der Waals surface area contributed by atoms with Gasteiger partial charge >= 0.3 is 0 Å². The summed E-state index contributed by atoms with van der Waals surface area (Å²) in [6, 6.07) is 0. The van der Waals surface area contributed by atoms with Gasteiger partial charge in [0.2, 0.25) is 0 Å². The van der Waals surface area contributed by atoms with Gasteiger partial charge in [-0.15, -0.1) is 23.5 Å². The molecule has 0 radical (unpaired) electrons. The van der Waals surface area contributed by atoms with Crippen LogP contribution in [-0.4, -0.2) is 25.1 Å². The largest absolute Gasteiger partial charge is 0.289 e. The van der Waals surface area contributed by atoms with Crippen LogP contribution in [0.1, 0.15) is 123 Å². The highest BCUT2D eigenvalue weighted by Gasteiger charge is 2.64. The first-order valence-corrected chi connectivity index (χ1v) is 16.5. The molecule has 2 spiro atoms. The summed E-state index contributed by atoms with van der Waals surface area (Å²) in [5.41, 5.74) is 2.44. The smallest absolute Gasteiger partial charge is 0.185 e. The lowest BCUT2D eigenvalue weighted by molar-refractivity contribution is -0.115. The van der Waals surface area contributed by atoms with Gasteiger partial charge in [0.25, 0.3) is 0 Å². The Labute approximate surface area is 248 Å². The second kappa shape index (κ2) is 10.1. The molecule has 218 valence electrons. The third-order valence-corrected chi connectivity index (χ3v) is 12.2. The minimum atomic E-state index is -0.477. The Morgan fingerprint density at radius 2 is 0.744 bits per heavy atom. The Kier molecular flexibility index (Phi) is 8.40. The minimum absolute atomic E-state index is 0.0117. The molecule has 0 aromatic rings. The first kappa shape index (κ1) is 32.5. The van der Waals surface area contributed by atoms with Crippen LogP contribution in [0.15, 0.2) is 46.6 Å². The molecule has 3 aliphatic rings. The molecule has 0 N–H and O–H groups in total. The third kappa shape index (κ3) is 5.85. The predicted octanol–water partition coefficient (Wildman–Crippen LogP) is 10.3. The van der Waals surface area contributed by atoms with E-state index in [-0.39, 0.29) is 37.3 Å². The van der Waals surface area contributed by atoms with Gasteiger partial charge < -0.3 is 0 Å². The Morgan fingerprint density at radius 1 is 0.513 bits per heavy atom. The number of allylic oxidation sites excluding steroid dienone is 4. The van der Waals surface area contributed by atoms with Crippen LogP contribution in [0.25, 0.3) is 0 Å². The van der Waals surface area contributed by atoms with Gasteiger partial charge in [0.05, 0.1) is 13.6 Å². The van der Waals surface area contributed by atoms with E-state index in [2.05, 4.69) is 145 Å². The van der Waals surface area contributed by atoms with Crippen molar-refractivity contribution in [3.63, 3.8) is 0 Å². The van der Waals surface area contributed by atoms with Gasteiger partial charge in [-0.3, -0.25) is 9.59 Å². The maximum atomic E-state index is 14.1. The van der Waals surface area contributed by atoms with Crippen molar-refractivity contribution in [1.29, 1.82) is 0 Å². The molecule has 4 heteroatoms. The van der Waals surface area contributed by atoms with Crippen LogP contribution in [0.2, 0.25) is 0 Å². The summed E-state index contributed by atoms with van der Waals surface area (Å²) >= 11 is 4.12. The average molecular weight is 571 g/mol. The van der Waals surface area contributed by atoms with Crippen LogP contribution in [0.3, 0.4) is 0 Å². The van der Waals surface area contributed by atoms with E-state index in [1.165, 1.54) is 0 Å². The quantitative estimate of drug-likeness (QED) is 0.337. The summed E-state index contributed by atoms with van der Waals surface area (Å²) in [5.74, 6) is 0.355. The lowest BCUT2D eigenvalue weighted by Gasteiger charge is -2.46. The molecule has 2 aliphatic carbocycles. The molecule has 1 fully saturated rings. The second-order valence-electron chi connectivity index (χ2n) is 16.1. The monoisotopic (exact) mass is 570 g/mol. The number of Topliss-reactive ketones (excluding diaryl/α,β-unsaturated/α-hetero) is 2. The number of hydrogen-bond acceptors (Lipinski definition) is 4. The van der Waals surface area contributed by atoms with E-state index < -0.39 is 9.49 Å². The van der Waals surface area contributed by atoms with E-state index in [1.54, 1.807) is 0 Å². The molecule has 39 heavy (non-hydrogen) atoms. The highest BCUT2D eigenvalue weighted by atomic mass is 32.2. The van der Waals surface area contributed by atoms with Crippen LogP contribution in [0.5, 0.6) is 0 Å². The fraction of sp³-hybridized carbons (Fsp3) is 0.714. The van der Waals surface area contributed by atoms with Crippen molar-refractivity contribution in [3.8, 4) is 0 Å². The second-order valence-corrected chi connectivity index (χ2v) is 19.7. The van der Waals surface area contributed by atoms with Gasteiger partial charge in [-0.25, -0.2) is 0 Å². The van der Waals surface area contributed by atoms with Crippen molar-refractivity contribution < 1.29 is 9.59 Å². The summed E-state index contributed by atoms with van der Waals surface area (Å²) < 4.78 is -0.966. The maximum absolute atomic E-state index is 14.1. The topological polar surface area (TPSA) is 34.1 Å². The zero-order chi connectivity index (χ0) is 30.0. The fourth-order valence-corrected chi connectivity index (χ4v) is 11.1. The van der Waals surface area contributed by atoms with Crippen LogP contribution >= 0.6 is 23.5 Å². The summed E-state index contributed by atoms with van der Waals surface area (Å²) in [5, 5.41) is 0.